The molecular formula is C11H19N3O2. The largest absolute Gasteiger partial charge is 0.353 e. The fourth-order valence-corrected chi connectivity index (χ4v) is 1.50. The molecule has 0 spiro atoms. The lowest BCUT2D eigenvalue weighted by Gasteiger charge is -2.16. The minimum Gasteiger partial charge on any atom is -0.353 e. The summed E-state index contributed by atoms with van der Waals surface area (Å²) in [6, 6.07) is -0.630. The van der Waals surface area contributed by atoms with Gasteiger partial charge in [-0.15, -0.1) is 0 Å². The van der Waals surface area contributed by atoms with E-state index in [0.717, 1.165) is 12.8 Å². The topological polar surface area (TPSA) is 84.2 Å². The van der Waals surface area contributed by atoms with Gasteiger partial charge in [-0.2, -0.15) is 0 Å². The van der Waals surface area contributed by atoms with Crippen LogP contribution in [0.2, 0.25) is 0 Å². The Hall–Kier alpha value is -1.36. The van der Waals surface area contributed by atoms with Crippen LogP contribution < -0.4 is 16.4 Å². The Balaban J connectivity index is 2.61. The Morgan fingerprint density at radius 3 is 2.88 bits per heavy atom. The number of rotatable bonds is 0. The third kappa shape index (κ3) is 4.44. The standard InChI is InChI=1S/C11H19N3O2/c1-8-5-6-10(15)13-7-3-2-4-9(12)11(16)14-8/h5-6,8-9H,2-4,7,12H2,1H3,(H,13,15)(H,14,16)/b6-5+/t8?,9-/m0/s1. The van der Waals surface area contributed by atoms with Crippen LogP contribution >= 0.6 is 0 Å². The molecule has 0 saturated carbocycles. The van der Waals surface area contributed by atoms with Gasteiger partial charge in [-0.25, -0.2) is 0 Å². The van der Waals surface area contributed by atoms with Crippen molar-refractivity contribution in [2.24, 2.45) is 5.73 Å². The Labute approximate surface area is 95.5 Å². The minimum atomic E-state index is -0.453. The first-order chi connectivity index (χ1) is 7.59. The number of carbonyl (C=O) groups is 2. The smallest absolute Gasteiger partial charge is 0.243 e. The highest BCUT2D eigenvalue weighted by Crippen LogP contribution is 2.00. The van der Waals surface area contributed by atoms with E-state index in [1.807, 2.05) is 0 Å². The molecule has 1 rings (SSSR count). The SMILES string of the molecule is CC1/C=C/C(=O)NCCCC[C@H](N)C(=O)N1. The molecular weight excluding hydrogens is 206 g/mol. The Kier molecular flexibility index (Phi) is 4.98. The van der Waals surface area contributed by atoms with Crippen LogP contribution in [-0.2, 0) is 9.59 Å². The first-order valence-electron chi connectivity index (χ1n) is 5.61. The molecule has 0 saturated heterocycles. The van der Waals surface area contributed by atoms with Crippen molar-refractivity contribution in [3.05, 3.63) is 12.2 Å². The molecule has 0 aromatic rings. The van der Waals surface area contributed by atoms with Crippen molar-refractivity contribution in [3.8, 4) is 0 Å². The predicted molar refractivity (Wildman–Crippen MR) is 61.6 cm³/mol. The molecule has 5 heteroatoms. The van der Waals surface area contributed by atoms with Crippen molar-refractivity contribution in [1.82, 2.24) is 10.6 Å². The van der Waals surface area contributed by atoms with Gasteiger partial charge in [0.1, 0.15) is 0 Å². The van der Waals surface area contributed by atoms with Crippen LogP contribution in [0.4, 0.5) is 0 Å². The van der Waals surface area contributed by atoms with E-state index in [9.17, 15) is 9.59 Å². The zero-order valence-corrected chi connectivity index (χ0v) is 9.53. The van der Waals surface area contributed by atoms with Crippen LogP contribution in [0.1, 0.15) is 26.2 Å². The monoisotopic (exact) mass is 225 g/mol. The lowest BCUT2D eigenvalue weighted by molar-refractivity contribution is -0.123. The second kappa shape index (κ2) is 6.27. The average molecular weight is 225 g/mol. The summed E-state index contributed by atoms with van der Waals surface area (Å²) in [5, 5.41) is 5.51. The maximum atomic E-state index is 11.6. The van der Waals surface area contributed by atoms with E-state index >= 15 is 0 Å². The summed E-state index contributed by atoms with van der Waals surface area (Å²) in [4.78, 5) is 22.8. The van der Waals surface area contributed by atoms with Crippen molar-refractivity contribution in [3.63, 3.8) is 0 Å². The van der Waals surface area contributed by atoms with Crippen LogP contribution in [0, 0.1) is 0 Å². The number of nitrogens with two attached hydrogens (primary N) is 1. The molecule has 1 heterocycles. The van der Waals surface area contributed by atoms with Gasteiger partial charge in [0.05, 0.1) is 6.04 Å². The number of hydrogen-bond acceptors (Lipinski definition) is 3. The van der Waals surface area contributed by atoms with Crippen LogP contribution in [0.15, 0.2) is 12.2 Å². The summed E-state index contributed by atoms with van der Waals surface area (Å²) >= 11 is 0. The van der Waals surface area contributed by atoms with Gasteiger partial charge in [0.2, 0.25) is 11.8 Å². The number of amides is 2. The molecule has 16 heavy (non-hydrogen) atoms. The van der Waals surface area contributed by atoms with Crippen LogP contribution in [0.25, 0.3) is 0 Å². The molecule has 90 valence electrons. The van der Waals surface area contributed by atoms with E-state index in [2.05, 4.69) is 10.6 Å². The fraction of sp³-hybridized carbons (Fsp3) is 0.636. The summed E-state index contributed by atoms with van der Waals surface area (Å²) in [5.41, 5.74) is 5.72. The Bertz CT molecular complexity index is 289. The first-order valence-corrected chi connectivity index (χ1v) is 5.61. The summed E-state index contributed by atoms with van der Waals surface area (Å²) in [7, 11) is 0. The molecule has 1 aliphatic heterocycles. The number of nitrogens with one attached hydrogen (secondary N) is 2. The van der Waals surface area contributed by atoms with Gasteiger partial charge in [0, 0.05) is 18.7 Å². The zero-order chi connectivity index (χ0) is 12.0. The lowest BCUT2D eigenvalue weighted by atomic mass is 10.1. The molecule has 0 fully saturated rings. The summed E-state index contributed by atoms with van der Waals surface area (Å²) < 4.78 is 0. The lowest BCUT2D eigenvalue weighted by Crippen LogP contribution is -2.44. The van der Waals surface area contributed by atoms with Crippen molar-refractivity contribution in [1.29, 1.82) is 0 Å². The van der Waals surface area contributed by atoms with E-state index in [1.165, 1.54) is 6.08 Å². The van der Waals surface area contributed by atoms with Crippen molar-refractivity contribution < 1.29 is 9.59 Å². The molecule has 4 N–H and O–H groups in total. The second-order valence-electron chi connectivity index (χ2n) is 4.05. The molecule has 5 nitrogen and oxygen atoms in total. The van der Waals surface area contributed by atoms with E-state index < -0.39 is 6.04 Å². The molecule has 1 aliphatic rings. The van der Waals surface area contributed by atoms with E-state index in [-0.39, 0.29) is 17.9 Å². The minimum absolute atomic E-state index is 0.119. The first kappa shape index (κ1) is 12.7. The normalized spacial score (nSPS) is 30.6. The average Bonchev–Trinajstić information content (AvgIpc) is 2.24. The molecule has 0 bridgehead atoms. The van der Waals surface area contributed by atoms with Crippen LogP contribution in [-0.4, -0.2) is 30.4 Å². The van der Waals surface area contributed by atoms with Gasteiger partial charge >= 0.3 is 0 Å². The summed E-state index contributed by atoms with van der Waals surface area (Å²) in [5.74, 6) is -0.274. The van der Waals surface area contributed by atoms with Crippen molar-refractivity contribution in [2.75, 3.05) is 6.54 Å². The highest BCUT2D eigenvalue weighted by atomic mass is 16.2. The van der Waals surface area contributed by atoms with Crippen molar-refractivity contribution >= 4 is 11.8 Å². The maximum absolute atomic E-state index is 11.6. The molecule has 2 amide bonds. The van der Waals surface area contributed by atoms with Gasteiger partial charge in [0.25, 0.3) is 0 Å². The van der Waals surface area contributed by atoms with Gasteiger partial charge in [-0.05, 0) is 26.2 Å². The molecule has 0 aromatic heterocycles. The predicted octanol–water partition coefficient (Wildman–Crippen LogP) is -0.325. The molecule has 1 unspecified atom stereocenters. The quantitative estimate of drug-likeness (QED) is 0.528. The summed E-state index contributed by atoms with van der Waals surface area (Å²) in [6.45, 7) is 2.44. The van der Waals surface area contributed by atoms with Gasteiger partial charge in [-0.3, -0.25) is 9.59 Å². The summed E-state index contributed by atoms with van der Waals surface area (Å²) in [6.07, 6.45) is 5.43. The van der Waals surface area contributed by atoms with Gasteiger partial charge in [-0.1, -0.05) is 6.08 Å². The third-order valence-electron chi connectivity index (χ3n) is 2.48. The van der Waals surface area contributed by atoms with E-state index in [4.69, 9.17) is 5.73 Å². The van der Waals surface area contributed by atoms with Crippen LogP contribution in [0.5, 0.6) is 0 Å². The third-order valence-corrected chi connectivity index (χ3v) is 2.48. The van der Waals surface area contributed by atoms with Gasteiger partial charge < -0.3 is 16.4 Å². The Morgan fingerprint density at radius 2 is 2.12 bits per heavy atom. The number of hydrogen-bond donors (Lipinski definition) is 3. The molecule has 2 atom stereocenters. The zero-order valence-electron chi connectivity index (χ0n) is 9.53. The maximum Gasteiger partial charge on any atom is 0.243 e. The number of carbonyl (C=O) groups excluding carboxylic acids is 2. The van der Waals surface area contributed by atoms with E-state index in [0.29, 0.717) is 13.0 Å². The second-order valence-corrected chi connectivity index (χ2v) is 4.05. The Morgan fingerprint density at radius 1 is 1.38 bits per heavy atom. The van der Waals surface area contributed by atoms with Gasteiger partial charge in [0.15, 0.2) is 0 Å². The highest BCUT2D eigenvalue weighted by Gasteiger charge is 2.14. The van der Waals surface area contributed by atoms with Crippen molar-refractivity contribution in [2.45, 2.75) is 38.3 Å². The molecule has 0 radical (unpaired) electrons. The molecule has 0 aliphatic carbocycles. The fourth-order valence-electron chi connectivity index (χ4n) is 1.50. The van der Waals surface area contributed by atoms with Crippen LogP contribution in [0.3, 0.4) is 0 Å². The highest BCUT2D eigenvalue weighted by molar-refractivity contribution is 5.87. The molecule has 0 aromatic carbocycles. The van der Waals surface area contributed by atoms with E-state index in [1.54, 1.807) is 13.0 Å².